The molecule has 0 radical (unpaired) electrons. The predicted octanol–water partition coefficient (Wildman–Crippen LogP) is 3.38. The van der Waals surface area contributed by atoms with Crippen LogP contribution in [0.1, 0.15) is 31.1 Å². The van der Waals surface area contributed by atoms with Crippen molar-refractivity contribution in [1.82, 2.24) is 0 Å². The molecule has 0 aromatic heterocycles. The van der Waals surface area contributed by atoms with E-state index in [4.69, 9.17) is 9.47 Å². The minimum Gasteiger partial charge on any atom is -0.496 e. The van der Waals surface area contributed by atoms with Gasteiger partial charge in [-0.1, -0.05) is 26.8 Å². The van der Waals surface area contributed by atoms with E-state index >= 15 is 0 Å². The van der Waals surface area contributed by atoms with Gasteiger partial charge in [-0.2, -0.15) is 0 Å². The smallest absolute Gasteiger partial charge is 0.338 e. The van der Waals surface area contributed by atoms with Crippen molar-refractivity contribution < 1.29 is 28.8 Å². The number of amides is 2. The third-order valence-electron chi connectivity index (χ3n) is 4.05. The molecule has 0 unspecified atom stereocenters. The first-order valence-corrected chi connectivity index (χ1v) is 9.22. The van der Waals surface area contributed by atoms with Crippen LogP contribution in [0.4, 0.5) is 17.1 Å². The highest BCUT2D eigenvalue weighted by Crippen LogP contribution is 2.28. The zero-order valence-corrected chi connectivity index (χ0v) is 17.6. The lowest BCUT2D eigenvalue weighted by Crippen LogP contribution is -2.27. The van der Waals surface area contributed by atoms with E-state index in [-0.39, 0.29) is 28.6 Å². The highest BCUT2D eigenvalue weighted by atomic mass is 16.6. The van der Waals surface area contributed by atoms with E-state index < -0.39 is 28.8 Å². The summed E-state index contributed by atoms with van der Waals surface area (Å²) in [5.74, 6) is -1.50. The van der Waals surface area contributed by atoms with E-state index in [1.807, 2.05) is 0 Å². The minimum atomic E-state index is -0.786. The molecule has 0 saturated carbocycles. The fraction of sp³-hybridized carbons (Fsp3) is 0.286. The summed E-state index contributed by atoms with van der Waals surface area (Å²) in [6.45, 7) is 4.62. The van der Waals surface area contributed by atoms with E-state index in [1.165, 1.54) is 37.4 Å². The highest BCUT2D eigenvalue weighted by Gasteiger charge is 2.22. The summed E-state index contributed by atoms with van der Waals surface area (Å²) in [6.07, 6.45) is 0. The number of carbonyl (C=O) groups is 3. The minimum absolute atomic E-state index is 0.0567. The second-order valence-electron chi connectivity index (χ2n) is 7.55. The number of nitro benzene ring substituents is 1. The van der Waals surface area contributed by atoms with Crippen molar-refractivity contribution in [3.05, 3.63) is 58.1 Å². The molecule has 10 nitrogen and oxygen atoms in total. The Labute approximate surface area is 178 Å². The van der Waals surface area contributed by atoms with Crippen molar-refractivity contribution in [3.63, 3.8) is 0 Å². The van der Waals surface area contributed by atoms with Crippen LogP contribution in [0.25, 0.3) is 0 Å². The van der Waals surface area contributed by atoms with Gasteiger partial charge in [0.05, 0.1) is 23.7 Å². The average Bonchev–Trinajstić information content (AvgIpc) is 2.71. The van der Waals surface area contributed by atoms with Gasteiger partial charge in [0, 0.05) is 11.1 Å². The summed E-state index contributed by atoms with van der Waals surface area (Å²) >= 11 is 0. The Bertz CT molecular complexity index is 1010. The first-order chi connectivity index (χ1) is 14.5. The quantitative estimate of drug-likeness (QED) is 0.391. The fourth-order valence-corrected chi connectivity index (χ4v) is 2.34. The van der Waals surface area contributed by atoms with E-state index in [9.17, 15) is 24.5 Å². The highest BCUT2D eigenvalue weighted by molar-refractivity contribution is 5.98. The monoisotopic (exact) mass is 429 g/mol. The largest absolute Gasteiger partial charge is 0.496 e. The van der Waals surface area contributed by atoms with Gasteiger partial charge in [-0.25, -0.2) is 4.79 Å². The summed E-state index contributed by atoms with van der Waals surface area (Å²) in [4.78, 5) is 47.0. The Morgan fingerprint density at radius 1 is 1.06 bits per heavy atom. The van der Waals surface area contributed by atoms with Crippen LogP contribution in [0.15, 0.2) is 42.5 Å². The van der Waals surface area contributed by atoms with Gasteiger partial charge in [0.25, 0.3) is 11.6 Å². The standard InChI is InChI=1S/C21H23N3O7/c1-21(2,3)20(27)22-14-7-5-6-13(10-14)19(26)31-12-18(25)23-16-9-8-15(30-4)11-17(16)24(28)29/h5-11H,12H2,1-4H3,(H,22,27)(H,23,25). The average molecular weight is 429 g/mol. The molecular weight excluding hydrogens is 406 g/mol. The van der Waals surface area contributed by atoms with E-state index in [2.05, 4.69) is 10.6 Å². The molecule has 0 aliphatic heterocycles. The molecule has 2 rings (SSSR count). The number of nitrogens with zero attached hydrogens (tertiary/aromatic N) is 1. The Kier molecular flexibility index (Phi) is 7.30. The molecular formula is C21H23N3O7. The van der Waals surface area contributed by atoms with Gasteiger partial charge < -0.3 is 20.1 Å². The number of nitrogens with one attached hydrogen (secondary N) is 2. The van der Waals surface area contributed by atoms with Crippen molar-refractivity contribution in [2.45, 2.75) is 20.8 Å². The Hall–Kier alpha value is -3.95. The van der Waals surface area contributed by atoms with Crippen LogP contribution < -0.4 is 15.4 Å². The molecule has 0 spiro atoms. The molecule has 0 bridgehead atoms. The number of esters is 1. The van der Waals surface area contributed by atoms with Gasteiger partial charge in [-0.3, -0.25) is 19.7 Å². The molecule has 2 N–H and O–H groups in total. The van der Waals surface area contributed by atoms with E-state index in [1.54, 1.807) is 32.9 Å². The van der Waals surface area contributed by atoms with E-state index in [0.717, 1.165) is 0 Å². The number of nitro groups is 1. The number of ether oxygens (including phenoxy) is 2. The van der Waals surface area contributed by atoms with E-state index in [0.29, 0.717) is 5.69 Å². The molecule has 31 heavy (non-hydrogen) atoms. The lowest BCUT2D eigenvalue weighted by atomic mass is 9.95. The molecule has 0 fully saturated rings. The molecule has 0 aliphatic carbocycles. The van der Waals surface area contributed by atoms with Crippen molar-refractivity contribution in [2.75, 3.05) is 24.4 Å². The SMILES string of the molecule is COc1ccc(NC(=O)COC(=O)c2cccc(NC(=O)C(C)(C)C)c2)c([N+](=O)[O-])c1. The normalized spacial score (nSPS) is 10.7. The van der Waals surface area contributed by atoms with Gasteiger partial charge >= 0.3 is 5.97 Å². The molecule has 0 heterocycles. The summed E-state index contributed by atoms with van der Waals surface area (Å²) in [5.41, 5.74) is -0.485. The van der Waals surface area contributed by atoms with Crippen molar-refractivity contribution in [2.24, 2.45) is 5.41 Å². The first kappa shape index (κ1) is 23.3. The summed E-state index contributed by atoms with van der Waals surface area (Å²) in [7, 11) is 1.36. The van der Waals surface area contributed by atoms with Gasteiger partial charge in [0.2, 0.25) is 5.91 Å². The van der Waals surface area contributed by atoms with Crippen LogP contribution in [0.2, 0.25) is 0 Å². The van der Waals surface area contributed by atoms with Crippen LogP contribution in [0.3, 0.4) is 0 Å². The predicted molar refractivity (Wildman–Crippen MR) is 113 cm³/mol. The Morgan fingerprint density at radius 3 is 2.39 bits per heavy atom. The molecule has 2 aromatic rings. The van der Waals surface area contributed by atoms with Crippen molar-refractivity contribution >= 4 is 34.8 Å². The number of carbonyl (C=O) groups excluding carboxylic acids is 3. The first-order valence-electron chi connectivity index (χ1n) is 9.22. The maximum Gasteiger partial charge on any atom is 0.338 e. The molecule has 0 atom stereocenters. The second-order valence-corrected chi connectivity index (χ2v) is 7.55. The van der Waals surface area contributed by atoms with Gasteiger partial charge in [-0.15, -0.1) is 0 Å². The van der Waals surface area contributed by atoms with Crippen LogP contribution in [0.5, 0.6) is 5.75 Å². The number of hydrogen-bond acceptors (Lipinski definition) is 7. The summed E-state index contributed by atoms with van der Waals surface area (Å²) in [6, 6.07) is 10.0. The Balaban J connectivity index is 2.00. The number of rotatable bonds is 7. The van der Waals surface area contributed by atoms with Crippen LogP contribution >= 0.6 is 0 Å². The summed E-state index contributed by atoms with van der Waals surface area (Å²) < 4.78 is 9.91. The fourth-order valence-electron chi connectivity index (χ4n) is 2.34. The zero-order valence-electron chi connectivity index (χ0n) is 17.6. The third-order valence-corrected chi connectivity index (χ3v) is 4.05. The maximum atomic E-state index is 12.3. The topological polar surface area (TPSA) is 137 Å². The number of benzene rings is 2. The van der Waals surface area contributed by atoms with Gasteiger partial charge in [0.15, 0.2) is 6.61 Å². The van der Waals surface area contributed by atoms with Crippen molar-refractivity contribution in [1.29, 1.82) is 0 Å². The number of methoxy groups -OCH3 is 1. The van der Waals surface area contributed by atoms with Gasteiger partial charge in [-0.05, 0) is 30.3 Å². The molecule has 10 heteroatoms. The number of hydrogen-bond donors (Lipinski definition) is 2. The third kappa shape index (κ3) is 6.53. The molecule has 0 aliphatic rings. The molecule has 2 aromatic carbocycles. The number of anilines is 2. The van der Waals surface area contributed by atoms with Crippen LogP contribution in [-0.4, -0.2) is 36.4 Å². The summed E-state index contributed by atoms with van der Waals surface area (Å²) in [5, 5.41) is 16.2. The molecule has 2 amide bonds. The van der Waals surface area contributed by atoms with Crippen LogP contribution in [0, 0.1) is 15.5 Å². The molecule has 164 valence electrons. The zero-order chi connectivity index (χ0) is 23.2. The lowest BCUT2D eigenvalue weighted by Gasteiger charge is -2.17. The maximum absolute atomic E-state index is 12.3. The van der Waals surface area contributed by atoms with Crippen molar-refractivity contribution in [3.8, 4) is 5.75 Å². The Morgan fingerprint density at radius 2 is 1.77 bits per heavy atom. The van der Waals surface area contributed by atoms with Gasteiger partial charge in [0.1, 0.15) is 11.4 Å². The molecule has 0 saturated heterocycles. The lowest BCUT2D eigenvalue weighted by molar-refractivity contribution is -0.384. The second kappa shape index (κ2) is 9.70. The van der Waals surface area contributed by atoms with Crippen LogP contribution in [-0.2, 0) is 14.3 Å².